The van der Waals surface area contributed by atoms with Gasteiger partial charge in [-0.15, -0.1) is 13.2 Å². The van der Waals surface area contributed by atoms with Gasteiger partial charge in [-0.1, -0.05) is 58.4 Å². The van der Waals surface area contributed by atoms with Crippen LogP contribution in [-0.4, -0.2) is 107 Å². The van der Waals surface area contributed by atoms with Crippen LogP contribution in [0, 0.1) is 11.8 Å². The van der Waals surface area contributed by atoms with E-state index in [9.17, 15) is 19.5 Å². The second-order valence-corrected chi connectivity index (χ2v) is 15.9. The maximum Gasteiger partial charge on any atom is 0.313 e. The van der Waals surface area contributed by atoms with E-state index in [1.165, 1.54) is 0 Å². The first-order valence-corrected chi connectivity index (χ1v) is 20.5. The fourth-order valence-electron chi connectivity index (χ4n) is 8.64. The number of carbonyl (C=O) groups is 4. The number of fused-ring (bicyclic) bond motifs is 1. The van der Waals surface area contributed by atoms with Gasteiger partial charge >= 0.3 is 5.97 Å². The highest BCUT2D eigenvalue weighted by Gasteiger charge is 2.77. The number of aliphatic hydroxyl groups is 1. The van der Waals surface area contributed by atoms with E-state index in [0.717, 1.165) is 18.8 Å². The van der Waals surface area contributed by atoms with E-state index in [-0.39, 0.29) is 48.7 Å². The predicted octanol–water partition coefficient (Wildman–Crippen LogP) is 6.06. The van der Waals surface area contributed by atoms with E-state index in [1.54, 1.807) is 33.9 Å². The molecule has 0 aromatic heterocycles. The summed E-state index contributed by atoms with van der Waals surface area (Å²) in [7, 11) is 1.70. The first-order chi connectivity index (χ1) is 26.5. The Kier molecular flexibility index (Phi) is 14.4. The van der Waals surface area contributed by atoms with Crippen molar-refractivity contribution in [3.63, 3.8) is 0 Å². The van der Waals surface area contributed by atoms with Gasteiger partial charge in [-0.25, -0.2) is 0 Å². The number of nitrogens with zero attached hydrogens (tertiary/aromatic N) is 4. The lowest BCUT2D eigenvalue weighted by Crippen LogP contribution is -2.57. The van der Waals surface area contributed by atoms with Gasteiger partial charge in [0.1, 0.15) is 17.7 Å². The fraction of sp³-hybridized carbons (Fsp3) is 0.535. The number of esters is 1. The largest absolute Gasteiger partial charge is 0.455 e. The van der Waals surface area contributed by atoms with E-state index >= 15 is 4.79 Å². The molecule has 3 aliphatic rings. The van der Waals surface area contributed by atoms with Crippen LogP contribution in [0.3, 0.4) is 0 Å². The molecule has 1 unspecified atom stereocenters. The number of unbranched alkanes of at least 4 members (excludes halogenated alkanes) is 2. The molecule has 3 fully saturated rings. The zero-order valence-corrected chi connectivity index (χ0v) is 34.2. The number of halogens is 1. The Morgan fingerprint density at radius 1 is 1.04 bits per heavy atom. The number of carbonyl (C=O) groups excluding carboxylic acids is 4. The molecule has 3 saturated heterocycles. The van der Waals surface area contributed by atoms with E-state index in [0.29, 0.717) is 43.4 Å². The lowest BCUT2D eigenvalue weighted by atomic mass is 9.70. The molecule has 3 amide bonds. The molecule has 2 bridgehead atoms. The number of aliphatic hydroxyl groups excluding tert-OH is 1. The number of anilines is 2. The summed E-state index contributed by atoms with van der Waals surface area (Å²) in [5.74, 6) is -3.29. The predicted molar refractivity (Wildman–Crippen MR) is 218 cm³/mol. The third kappa shape index (κ3) is 8.42. The van der Waals surface area contributed by atoms with Crippen LogP contribution in [0.4, 0.5) is 11.4 Å². The van der Waals surface area contributed by atoms with Gasteiger partial charge in [-0.3, -0.25) is 19.2 Å². The Labute approximate surface area is 334 Å². The number of amides is 3. The summed E-state index contributed by atoms with van der Waals surface area (Å²) in [4.78, 5) is 64.3. The standard InChI is InChI=1S/C43H57BrN4O7/c1-7-11-20-34(50)45(6)29(5)37(30-18-14-12-15-19-30)54-42(53)35-36-40(51)48(26-16-13-17-27-49)39(43(36)28-33(44)38(35)55-43)41(52)47(25-8-2)32-23-21-31(22-24-32)46(9-3)10-4/h7-8,12,14-15,18-19,21-24,29,33,35-39,49H,1-2,9-11,13,16-17,20,25-28H2,3-6H3/t29-,33?,35-,36+,37+,38-,39-,43+/m0/s1. The summed E-state index contributed by atoms with van der Waals surface area (Å²) in [6, 6.07) is 15.5. The van der Waals surface area contributed by atoms with Crippen LogP contribution in [0.5, 0.6) is 0 Å². The molecule has 3 aliphatic heterocycles. The first kappa shape index (κ1) is 42.1. The van der Waals surface area contributed by atoms with E-state index in [4.69, 9.17) is 9.47 Å². The Balaban J connectivity index is 1.51. The Bertz CT molecular complexity index is 1670. The maximum atomic E-state index is 15.1. The number of likely N-dealkylation sites (tertiary alicyclic amines) is 1. The minimum absolute atomic E-state index is 0.0273. The molecule has 8 atom stereocenters. The number of alkyl halides is 1. The van der Waals surface area contributed by atoms with Crippen LogP contribution in [0.1, 0.15) is 71.0 Å². The minimum atomic E-state index is -1.29. The molecule has 1 N–H and O–H groups in total. The number of ether oxygens (including phenoxy) is 2. The van der Waals surface area contributed by atoms with Gasteiger partial charge in [0.05, 0.1) is 24.0 Å². The van der Waals surface area contributed by atoms with Crippen LogP contribution in [-0.2, 0) is 28.7 Å². The van der Waals surface area contributed by atoms with Crippen molar-refractivity contribution in [1.82, 2.24) is 9.80 Å². The molecule has 298 valence electrons. The van der Waals surface area contributed by atoms with E-state index in [2.05, 4.69) is 47.8 Å². The average molecular weight is 822 g/mol. The summed E-state index contributed by atoms with van der Waals surface area (Å²) in [5, 5.41) is 9.47. The second-order valence-electron chi connectivity index (χ2n) is 14.7. The Morgan fingerprint density at radius 2 is 1.71 bits per heavy atom. The highest BCUT2D eigenvalue weighted by Crippen LogP contribution is 2.60. The third-order valence-corrected chi connectivity index (χ3v) is 12.4. The summed E-state index contributed by atoms with van der Waals surface area (Å²) in [6.45, 7) is 15.9. The molecule has 3 heterocycles. The minimum Gasteiger partial charge on any atom is -0.455 e. The van der Waals surface area contributed by atoms with Crippen molar-refractivity contribution in [3.05, 3.63) is 85.5 Å². The molecule has 1 spiro atoms. The topological polar surface area (TPSA) is 120 Å². The molecule has 11 nitrogen and oxygen atoms in total. The summed E-state index contributed by atoms with van der Waals surface area (Å²) < 4.78 is 13.2. The van der Waals surface area contributed by atoms with Crippen molar-refractivity contribution in [2.75, 3.05) is 49.6 Å². The summed E-state index contributed by atoms with van der Waals surface area (Å²) >= 11 is 3.78. The second kappa shape index (κ2) is 18.8. The quantitative estimate of drug-likeness (QED) is 0.0742. The number of likely N-dealkylation sites (N-methyl/N-ethyl adjacent to an activating group) is 1. The summed E-state index contributed by atoms with van der Waals surface area (Å²) in [6.07, 6.45) is 4.75. The van der Waals surface area contributed by atoms with Crippen molar-refractivity contribution < 1.29 is 33.8 Å². The zero-order chi connectivity index (χ0) is 39.9. The molecule has 0 radical (unpaired) electrons. The van der Waals surface area contributed by atoms with Gasteiger partial charge < -0.3 is 34.2 Å². The highest BCUT2D eigenvalue weighted by atomic mass is 79.9. The molecule has 2 aromatic carbocycles. The highest BCUT2D eigenvalue weighted by molar-refractivity contribution is 9.09. The molecule has 2 aromatic rings. The summed E-state index contributed by atoms with van der Waals surface area (Å²) in [5.41, 5.74) is 1.12. The third-order valence-electron chi connectivity index (χ3n) is 11.6. The van der Waals surface area contributed by atoms with Crippen molar-refractivity contribution in [2.45, 2.75) is 94.0 Å². The molecule has 55 heavy (non-hydrogen) atoms. The number of rotatable bonds is 20. The SMILES string of the molecule is C=CCCC(=O)N(C)[C@@H](C)[C@@H](OC(=O)[C@@H]1[C@H]2O[C@@]3(CC2Br)[C@H](C(=O)N(CC=C)c2ccc(N(CC)CC)cc2)N(CCCCCO)C(=O)[C@@H]13)c1ccccc1. The van der Waals surface area contributed by atoms with Crippen LogP contribution in [0.15, 0.2) is 79.9 Å². The van der Waals surface area contributed by atoms with Crippen molar-refractivity contribution in [3.8, 4) is 0 Å². The monoisotopic (exact) mass is 820 g/mol. The smallest absolute Gasteiger partial charge is 0.313 e. The van der Waals surface area contributed by atoms with Crippen LogP contribution >= 0.6 is 15.9 Å². The zero-order valence-electron chi connectivity index (χ0n) is 32.6. The lowest BCUT2D eigenvalue weighted by Gasteiger charge is -2.37. The van der Waals surface area contributed by atoms with E-state index in [1.807, 2.05) is 61.5 Å². The van der Waals surface area contributed by atoms with Gasteiger partial charge in [-0.05, 0) is 82.7 Å². The van der Waals surface area contributed by atoms with Gasteiger partial charge in [0, 0.05) is 62.5 Å². The normalized spacial score (nSPS) is 24.9. The first-order valence-electron chi connectivity index (χ1n) is 19.6. The van der Waals surface area contributed by atoms with Crippen LogP contribution in [0.25, 0.3) is 0 Å². The van der Waals surface area contributed by atoms with Gasteiger partial charge in [0.15, 0.2) is 0 Å². The Hall–Kier alpha value is -4.00. The molecular formula is C43H57BrN4O7. The Morgan fingerprint density at radius 3 is 2.33 bits per heavy atom. The molecule has 0 aliphatic carbocycles. The van der Waals surface area contributed by atoms with Gasteiger partial charge in [0.2, 0.25) is 11.8 Å². The van der Waals surface area contributed by atoms with Gasteiger partial charge in [-0.2, -0.15) is 0 Å². The fourth-order valence-corrected chi connectivity index (χ4v) is 9.59. The van der Waals surface area contributed by atoms with Crippen molar-refractivity contribution >= 4 is 51.0 Å². The van der Waals surface area contributed by atoms with Gasteiger partial charge in [0.25, 0.3) is 5.91 Å². The molecular weight excluding hydrogens is 764 g/mol. The lowest BCUT2D eigenvalue weighted by molar-refractivity contribution is -0.164. The number of benzene rings is 2. The molecule has 0 saturated carbocycles. The van der Waals surface area contributed by atoms with Crippen LogP contribution < -0.4 is 9.80 Å². The number of hydrogen-bond donors (Lipinski definition) is 1. The van der Waals surface area contributed by atoms with Crippen molar-refractivity contribution in [2.24, 2.45) is 11.8 Å². The maximum absolute atomic E-state index is 15.1. The molecule has 12 heteroatoms. The number of allylic oxidation sites excluding steroid dienone is 1. The van der Waals surface area contributed by atoms with E-state index < -0.39 is 47.7 Å². The number of hydrogen-bond acceptors (Lipinski definition) is 8. The van der Waals surface area contributed by atoms with Crippen molar-refractivity contribution in [1.29, 1.82) is 0 Å². The van der Waals surface area contributed by atoms with Crippen LogP contribution in [0.2, 0.25) is 0 Å². The molecule has 5 rings (SSSR count). The average Bonchev–Trinajstić information content (AvgIpc) is 3.79.